The van der Waals surface area contributed by atoms with E-state index in [-0.39, 0.29) is 0 Å². The quantitative estimate of drug-likeness (QED) is 0.679. The summed E-state index contributed by atoms with van der Waals surface area (Å²) in [4.78, 5) is 5.93. The van der Waals surface area contributed by atoms with Crippen LogP contribution in [0.1, 0.15) is 39.5 Å². The smallest absolute Gasteiger partial charge is 0.0919 e. The molecule has 2 aliphatic rings. The third-order valence-electron chi connectivity index (χ3n) is 5.63. The number of hydrogen-bond donors (Lipinski definition) is 2. The van der Waals surface area contributed by atoms with Crippen LogP contribution >= 0.6 is 24.2 Å². The van der Waals surface area contributed by atoms with Gasteiger partial charge in [-0.3, -0.25) is 4.90 Å². The fraction of sp³-hybridized carbons (Fsp3) is 0.545. The van der Waals surface area contributed by atoms with Gasteiger partial charge in [0.15, 0.2) is 0 Å². The van der Waals surface area contributed by atoms with Crippen LogP contribution in [0.4, 0.5) is 5.69 Å². The highest BCUT2D eigenvalue weighted by Crippen LogP contribution is 2.35. The number of thiol groups is 1. The lowest BCUT2D eigenvalue weighted by molar-refractivity contribution is 0.134. The number of rotatable bonds is 5. The number of hydrogen-bond acceptors (Lipinski definition) is 4. The molecule has 0 bridgehead atoms. The lowest BCUT2D eigenvalue weighted by Crippen LogP contribution is -2.49. The fourth-order valence-electron chi connectivity index (χ4n) is 4.19. The monoisotopic (exact) mass is 406 g/mol. The van der Waals surface area contributed by atoms with Crippen LogP contribution in [0.15, 0.2) is 45.9 Å². The zero-order valence-electron chi connectivity index (χ0n) is 16.4. The fourth-order valence-corrected chi connectivity index (χ4v) is 4.71. The molecule has 1 aromatic rings. The van der Waals surface area contributed by atoms with E-state index in [1.165, 1.54) is 34.6 Å². The summed E-state index contributed by atoms with van der Waals surface area (Å²) in [6.07, 6.45) is 4.05. The molecule has 0 saturated carbocycles. The lowest BCUT2D eigenvalue weighted by Gasteiger charge is -2.37. The molecule has 1 heterocycles. The first-order valence-electron chi connectivity index (χ1n) is 9.95. The van der Waals surface area contributed by atoms with Crippen molar-refractivity contribution in [2.75, 3.05) is 37.6 Å². The molecule has 148 valence electrons. The second-order valence-corrected chi connectivity index (χ2v) is 8.80. The van der Waals surface area contributed by atoms with Crippen LogP contribution in [-0.2, 0) is 0 Å². The van der Waals surface area contributed by atoms with Crippen molar-refractivity contribution >= 4 is 29.9 Å². The maximum atomic E-state index is 11.0. The molecule has 1 aliphatic carbocycles. The number of nitrogens with zero attached hydrogens (tertiary/aromatic N) is 2. The van der Waals surface area contributed by atoms with E-state index in [9.17, 15) is 5.11 Å². The van der Waals surface area contributed by atoms with Crippen molar-refractivity contribution in [1.29, 1.82) is 0 Å². The van der Waals surface area contributed by atoms with E-state index in [2.05, 4.69) is 35.8 Å². The number of benzene rings is 1. The van der Waals surface area contributed by atoms with E-state index < -0.39 is 6.10 Å². The Balaban J connectivity index is 1.60. The molecular weight excluding hydrogens is 376 g/mol. The summed E-state index contributed by atoms with van der Waals surface area (Å²) in [6.45, 7) is 8.78. The Bertz CT molecular complexity index is 702. The molecular formula is C22H31ClN2OS. The topological polar surface area (TPSA) is 26.7 Å². The summed E-state index contributed by atoms with van der Waals surface area (Å²) in [5.41, 5.74) is 4.85. The van der Waals surface area contributed by atoms with Crippen molar-refractivity contribution in [3.8, 4) is 0 Å². The van der Waals surface area contributed by atoms with Crippen molar-refractivity contribution in [1.82, 2.24) is 4.90 Å². The predicted octanol–water partition coefficient (Wildman–Crippen LogP) is 4.92. The van der Waals surface area contributed by atoms with E-state index in [0.717, 1.165) is 49.6 Å². The predicted molar refractivity (Wildman–Crippen MR) is 119 cm³/mol. The van der Waals surface area contributed by atoms with E-state index in [1.807, 2.05) is 12.1 Å². The van der Waals surface area contributed by atoms with E-state index in [0.29, 0.717) is 6.54 Å². The minimum absolute atomic E-state index is 0.438. The van der Waals surface area contributed by atoms with E-state index >= 15 is 0 Å². The molecule has 1 N–H and O–H groups in total. The molecule has 1 aliphatic heterocycles. The minimum Gasteiger partial charge on any atom is -0.387 e. The van der Waals surface area contributed by atoms with Gasteiger partial charge in [0.2, 0.25) is 0 Å². The molecule has 1 atom stereocenters. The highest BCUT2D eigenvalue weighted by molar-refractivity contribution is 7.84. The molecule has 3 nitrogen and oxygen atoms in total. The largest absolute Gasteiger partial charge is 0.387 e. The Morgan fingerprint density at radius 3 is 2.30 bits per heavy atom. The number of aliphatic hydroxyl groups is 1. The van der Waals surface area contributed by atoms with Crippen LogP contribution in [0.3, 0.4) is 0 Å². The first-order chi connectivity index (χ1) is 13.0. The van der Waals surface area contributed by atoms with Crippen molar-refractivity contribution in [3.63, 3.8) is 0 Å². The molecule has 0 radical (unpaired) electrons. The number of allylic oxidation sites excluding steroid dienone is 2. The number of β-amino-alcohol motifs (C(OH)–C–C–N with tert-alkyl or cyclic N) is 1. The lowest BCUT2D eigenvalue weighted by atomic mass is 9.87. The number of halogens is 1. The van der Waals surface area contributed by atoms with E-state index in [1.54, 1.807) is 0 Å². The summed E-state index contributed by atoms with van der Waals surface area (Å²) in [5, 5.41) is 11.8. The first-order valence-corrected chi connectivity index (χ1v) is 10.8. The molecule has 1 unspecified atom stereocenters. The van der Waals surface area contributed by atoms with Gasteiger partial charge in [-0.25, -0.2) is 0 Å². The molecule has 1 saturated heterocycles. The van der Waals surface area contributed by atoms with Gasteiger partial charge in [-0.15, -0.1) is 12.6 Å². The summed E-state index contributed by atoms with van der Waals surface area (Å²) >= 11 is 10.7. The number of anilines is 1. The summed E-state index contributed by atoms with van der Waals surface area (Å²) in [7, 11) is 0. The van der Waals surface area contributed by atoms with E-state index in [4.69, 9.17) is 24.2 Å². The molecule has 0 spiro atoms. The van der Waals surface area contributed by atoms with Gasteiger partial charge in [0.25, 0.3) is 0 Å². The van der Waals surface area contributed by atoms with Crippen LogP contribution < -0.4 is 4.90 Å². The van der Waals surface area contributed by atoms with Crippen LogP contribution in [0.2, 0.25) is 5.02 Å². The standard InChI is InChI=1S/C22H31ClN2OS/c1-16(2)22(19-5-3-4-6-21(19)27)20(26)15-24-11-13-25(14-12-24)18-9-7-17(23)8-10-18/h7-10,20,26-27H,3-6,11-15H2,1-2H3. The molecule has 3 rings (SSSR count). The summed E-state index contributed by atoms with van der Waals surface area (Å²) in [5.74, 6) is 0. The SMILES string of the molecule is CC(C)=C(C1=C(S)CCCC1)C(O)CN1CCN(c2ccc(Cl)cc2)CC1. The second-order valence-electron chi connectivity index (χ2n) is 7.83. The molecule has 0 amide bonds. The zero-order valence-corrected chi connectivity index (χ0v) is 18.1. The van der Waals surface area contributed by atoms with Crippen molar-refractivity contribution in [2.24, 2.45) is 0 Å². The zero-order chi connectivity index (χ0) is 19.4. The van der Waals surface area contributed by atoms with Gasteiger partial charge in [0, 0.05) is 43.4 Å². The Morgan fingerprint density at radius 2 is 1.70 bits per heavy atom. The molecule has 1 fully saturated rings. The van der Waals surface area contributed by atoms with Gasteiger partial charge < -0.3 is 10.0 Å². The third-order valence-corrected chi connectivity index (χ3v) is 6.38. The van der Waals surface area contributed by atoms with Gasteiger partial charge in [-0.2, -0.15) is 0 Å². The van der Waals surface area contributed by atoms with Crippen LogP contribution in [-0.4, -0.2) is 48.8 Å². The highest BCUT2D eigenvalue weighted by atomic mass is 35.5. The van der Waals surface area contributed by atoms with Crippen LogP contribution in [0, 0.1) is 0 Å². The third kappa shape index (κ3) is 5.32. The van der Waals surface area contributed by atoms with Crippen molar-refractivity contribution in [3.05, 3.63) is 50.9 Å². The average molecular weight is 407 g/mol. The summed E-state index contributed by atoms with van der Waals surface area (Å²) < 4.78 is 0. The molecule has 0 aromatic heterocycles. The van der Waals surface area contributed by atoms with Gasteiger partial charge in [-0.05, 0) is 79.8 Å². The maximum absolute atomic E-state index is 11.0. The van der Waals surface area contributed by atoms with Crippen LogP contribution in [0.5, 0.6) is 0 Å². The Morgan fingerprint density at radius 1 is 1.07 bits per heavy atom. The Hall–Kier alpha value is -0.940. The molecule has 27 heavy (non-hydrogen) atoms. The summed E-state index contributed by atoms with van der Waals surface area (Å²) in [6, 6.07) is 8.05. The van der Waals surface area contributed by atoms with Gasteiger partial charge >= 0.3 is 0 Å². The van der Waals surface area contributed by atoms with Gasteiger partial charge in [0.1, 0.15) is 0 Å². The van der Waals surface area contributed by atoms with Crippen LogP contribution in [0.25, 0.3) is 0 Å². The molecule has 1 aromatic carbocycles. The van der Waals surface area contributed by atoms with Crippen molar-refractivity contribution in [2.45, 2.75) is 45.6 Å². The average Bonchev–Trinajstić information content (AvgIpc) is 2.65. The first kappa shape index (κ1) is 20.8. The highest BCUT2D eigenvalue weighted by Gasteiger charge is 2.25. The van der Waals surface area contributed by atoms with Crippen molar-refractivity contribution < 1.29 is 5.11 Å². The number of aliphatic hydroxyl groups excluding tert-OH is 1. The maximum Gasteiger partial charge on any atom is 0.0919 e. The van der Waals surface area contributed by atoms with Gasteiger partial charge in [-0.1, -0.05) is 17.2 Å². The normalized spacial score (nSPS) is 20.0. The minimum atomic E-state index is -0.438. The number of piperazine rings is 1. The Labute approximate surface area is 174 Å². The van der Waals surface area contributed by atoms with Gasteiger partial charge in [0.05, 0.1) is 6.10 Å². The Kier molecular flexibility index (Phi) is 7.32. The second kappa shape index (κ2) is 9.51. The molecule has 5 heteroatoms.